The van der Waals surface area contributed by atoms with Crippen molar-refractivity contribution in [2.75, 3.05) is 32.2 Å². The number of amides is 2. The smallest absolute Gasteiger partial charge is 0.319 e. The summed E-state index contributed by atoms with van der Waals surface area (Å²) in [4.78, 5) is 12.2. The van der Waals surface area contributed by atoms with Gasteiger partial charge in [0, 0.05) is 25.2 Å². The van der Waals surface area contributed by atoms with Gasteiger partial charge in [-0.1, -0.05) is 12.1 Å². The molecule has 1 saturated heterocycles. The van der Waals surface area contributed by atoms with E-state index in [4.69, 9.17) is 9.47 Å². The molecule has 0 aliphatic carbocycles. The van der Waals surface area contributed by atoms with Crippen LogP contribution in [0.3, 0.4) is 0 Å². The van der Waals surface area contributed by atoms with Crippen LogP contribution in [0.1, 0.15) is 18.4 Å². The topological polar surface area (TPSA) is 59.6 Å². The molecule has 1 aliphatic rings. The Hall–Kier alpha value is -2.05. The van der Waals surface area contributed by atoms with Crippen LogP contribution in [0, 0.1) is 0 Å². The highest BCUT2D eigenvalue weighted by atomic mass is 32.1. The van der Waals surface area contributed by atoms with Gasteiger partial charge in [-0.3, -0.25) is 5.32 Å². The number of urea groups is 1. The number of anilines is 1. The van der Waals surface area contributed by atoms with Crippen LogP contribution in [-0.4, -0.2) is 32.9 Å². The number of carbonyl (C=O) groups is 1. The predicted octanol–water partition coefficient (Wildman–Crippen LogP) is 3.63. The zero-order valence-electron chi connectivity index (χ0n) is 13.7. The summed E-state index contributed by atoms with van der Waals surface area (Å²) in [5, 5.41) is 8.68. The molecule has 2 heterocycles. The molecule has 2 aromatic rings. The van der Waals surface area contributed by atoms with Crippen molar-refractivity contribution in [2.24, 2.45) is 0 Å². The summed E-state index contributed by atoms with van der Waals surface area (Å²) >= 11 is 1.51. The number of benzene rings is 1. The summed E-state index contributed by atoms with van der Waals surface area (Å²) in [7, 11) is 1.66. The maximum atomic E-state index is 12.2. The molecular weight excluding hydrogens is 324 g/mol. The van der Waals surface area contributed by atoms with Gasteiger partial charge in [-0.05, 0) is 48.1 Å². The van der Waals surface area contributed by atoms with Crippen molar-refractivity contribution in [1.82, 2.24) is 5.32 Å². The van der Waals surface area contributed by atoms with Crippen molar-refractivity contribution >= 4 is 22.4 Å². The average Bonchev–Trinajstić information content (AvgIpc) is 3.14. The first-order valence-corrected chi connectivity index (χ1v) is 8.90. The Morgan fingerprint density at radius 2 is 2.00 bits per heavy atom. The second-order valence-electron chi connectivity index (χ2n) is 5.91. The lowest BCUT2D eigenvalue weighted by Gasteiger charge is -2.38. The summed E-state index contributed by atoms with van der Waals surface area (Å²) in [6.07, 6.45) is 1.78. The third-order valence-corrected chi connectivity index (χ3v) is 5.28. The van der Waals surface area contributed by atoms with E-state index in [9.17, 15) is 4.79 Å². The Labute approximate surface area is 146 Å². The molecule has 0 bridgehead atoms. The van der Waals surface area contributed by atoms with E-state index in [1.807, 2.05) is 29.6 Å². The fourth-order valence-corrected chi connectivity index (χ4v) is 3.64. The van der Waals surface area contributed by atoms with E-state index in [-0.39, 0.29) is 11.4 Å². The highest BCUT2D eigenvalue weighted by molar-refractivity contribution is 7.14. The van der Waals surface area contributed by atoms with Crippen molar-refractivity contribution in [1.29, 1.82) is 0 Å². The number of thiophene rings is 1. The molecule has 128 valence electrons. The summed E-state index contributed by atoms with van der Waals surface area (Å²) in [5.41, 5.74) is 1.11. The Morgan fingerprint density at radius 3 is 2.62 bits per heavy atom. The van der Waals surface area contributed by atoms with Crippen molar-refractivity contribution < 1.29 is 14.3 Å². The molecule has 0 spiro atoms. The molecule has 0 radical (unpaired) electrons. The molecule has 0 atom stereocenters. The van der Waals surface area contributed by atoms with Crippen LogP contribution >= 0.6 is 11.3 Å². The third kappa shape index (κ3) is 3.88. The maximum absolute atomic E-state index is 12.2. The molecule has 6 heteroatoms. The van der Waals surface area contributed by atoms with Crippen molar-refractivity contribution in [3.05, 3.63) is 47.3 Å². The molecule has 0 saturated carbocycles. The van der Waals surface area contributed by atoms with Crippen LogP contribution in [-0.2, 0) is 10.2 Å². The number of methoxy groups -OCH3 is 1. The van der Waals surface area contributed by atoms with E-state index < -0.39 is 0 Å². The minimum absolute atomic E-state index is 0.0999. The first kappa shape index (κ1) is 16.8. The number of rotatable bonds is 5. The molecule has 2 N–H and O–H groups in total. The van der Waals surface area contributed by atoms with E-state index in [1.54, 1.807) is 7.11 Å². The second kappa shape index (κ2) is 7.68. The summed E-state index contributed by atoms with van der Waals surface area (Å²) in [6, 6.07) is 11.7. The lowest BCUT2D eigenvalue weighted by molar-refractivity contribution is 0.0508. The Morgan fingerprint density at radius 1 is 1.25 bits per heavy atom. The monoisotopic (exact) mass is 346 g/mol. The van der Waals surface area contributed by atoms with Crippen molar-refractivity contribution in [3.63, 3.8) is 0 Å². The Kier molecular flexibility index (Phi) is 5.37. The molecular formula is C18H22N2O3S. The lowest BCUT2D eigenvalue weighted by Crippen LogP contribution is -2.45. The maximum Gasteiger partial charge on any atom is 0.319 e. The van der Waals surface area contributed by atoms with Crippen LogP contribution in [0.15, 0.2) is 41.8 Å². The van der Waals surface area contributed by atoms with Crippen LogP contribution < -0.4 is 15.4 Å². The molecule has 2 amide bonds. The quantitative estimate of drug-likeness (QED) is 0.869. The van der Waals surface area contributed by atoms with E-state index in [2.05, 4.69) is 22.8 Å². The molecule has 1 fully saturated rings. The van der Waals surface area contributed by atoms with Gasteiger partial charge in [-0.15, -0.1) is 11.3 Å². The van der Waals surface area contributed by atoms with Gasteiger partial charge >= 0.3 is 6.03 Å². The fraction of sp³-hybridized carbons (Fsp3) is 0.389. The Bertz CT molecular complexity index is 649. The molecule has 1 aliphatic heterocycles. The van der Waals surface area contributed by atoms with Crippen molar-refractivity contribution in [3.8, 4) is 5.75 Å². The van der Waals surface area contributed by atoms with Gasteiger partial charge in [0.25, 0.3) is 0 Å². The van der Waals surface area contributed by atoms with Gasteiger partial charge in [0.1, 0.15) is 5.75 Å². The van der Waals surface area contributed by atoms with Crippen LogP contribution in [0.4, 0.5) is 9.80 Å². The van der Waals surface area contributed by atoms with Gasteiger partial charge in [-0.2, -0.15) is 0 Å². The molecule has 1 aromatic carbocycles. The molecule has 5 nitrogen and oxygen atoms in total. The van der Waals surface area contributed by atoms with Gasteiger partial charge in [-0.25, -0.2) is 4.79 Å². The van der Waals surface area contributed by atoms with Crippen LogP contribution in [0.5, 0.6) is 5.75 Å². The first-order valence-electron chi connectivity index (χ1n) is 8.02. The molecule has 3 rings (SSSR count). The number of nitrogens with one attached hydrogen (secondary N) is 2. The SMILES string of the molecule is COc1ccc(C2(CNC(=O)Nc3cccs3)CCOCC2)cc1. The molecule has 0 unspecified atom stereocenters. The van der Waals surface area contributed by atoms with Gasteiger partial charge < -0.3 is 14.8 Å². The predicted molar refractivity (Wildman–Crippen MR) is 96.1 cm³/mol. The lowest BCUT2D eigenvalue weighted by atomic mass is 9.74. The van der Waals surface area contributed by atoms with E-state index in [1.165, 1.54) is 16.9 Å². The van der Waals surface area contributed by atoms with E-state index >= 15 is 0 Å². The van der Waals surface area contributed by atoms with Crippen LogP contribution in [0.25, 0.3) is 0 Å². The second-order valence-corrected chi connectivity index (χ2v) is 6.85. The van der Waals surface area contributed by atoms with Gasteiger partial charge in [0.05, 0.1) is 12.1 Å². The van der Waals surface area contributed by atoms with Crippen molar-refractivity contribution in [2.45, 2.75) is 18.3 Å². The summed E-state index contributed by atoms with van der Waals surface area (Å²) in [5.74, 6) is 0.837. The number of hydrogen-bond acceptors (Lipinski definition) is 4. The first-order chi connectivity index (χ1) is 11.7. The van der Waals surface area contributed by atoms with E-state index in [0.29, 0.717) is 19.8 Å². The fourth-order valence-electron chi connectivity index (χ4n) is 3.03. The normalized spacial score (nSPS) is 16.4. The van der Waals surface area contributed by atoms with Crippen LogP contribution in [0.2, 0.25) is 0 Å². The van der Waals surface area contributed by atoms with E-state index in [0.717, 1.165) is 23.6 Å². The highest BCUT2D eigenvalue weighted by Crippen LogP contribution is 2.35. The molecule has 1 aromatic heterocycles. The zero-order valence-corrected chi connectivity index (χ0v) is 14.5. The molecule has 24 heavy (non-hydrogen) atoms. The minimum atomic E-state index is -0.170. The number of carbonyl (C=O) groups excluding carboxylic acids is 1. The largest absolute Gasteiger partial charge is 0.497 e. The standard InChI is InChI=1S/C18H22N2O3S/c1-22-15-6-4-14(5-7-15)18(8-10-23-11-9-18)13-19-17(21)20-16-3-2-12-24-16/h2-7,12H,8-11,13H2,1H3,(H2,19,20,21). The Balaban J connectivity index is 1.69. The third-order valence-electron chi connectivity index (χ3n) is 4.50. The number of ether oxygens (including phenoxy) is 2. The highest BCUT2D eigenvalue weighted by Gasteiger charge is 2.34. The zero-order chi connectivity index (χ0) is 16.8. The average molecular weight is 346 g/mol. The summed E-state index contributed by atoms with van der Waals surface area (Å²) in [6.45, 7) is 2.00. The van der Waals surface area contributed by atoms with Gasteiger partial charge in [0.2, 0.25) is 0 Å². The minimum Gasteiger partial charge on any atom is -0.497 e. The number of hydrogen-bond donors (Lipinski definition) is 2. The van der Waals surface area contributed by atoms with Gasteiger partial charge in [0.15, 0.2) is 0 Å². The summed E-state index contributed by atoms with van der Waals surface area (Å²) < 4.78 is 10.8.